The number of aliphatic carboxylic acids is 1. The SMILES string of the molecule is CC1(C(=O)O)CN(Cc2nnsc2Cl)C1. The Morgan fingerprint density at radius 1 is 1.73 bits per heavy atom. The smallest absolute Gasteiger partial charge is 0.311 e. The number of aromatic nitrogens is 2. The van der Waals surface area contributed by atoms with E-state index in [4.69, 9.17) is 16.7 Å². The van der Waals surface area contributed by atoms with Crippen molar-refractivity contribution < 1.29 is 9.90 Å². The lowest BCUT2D eigenvalue weighted by Gasteiger charge is -2.44. The summed E-state index contributed by atoms with van der Waals surface area (Å²) in [5.41, 5.74) is 0.116. The highest BCUT2D eigenvalue weighted by Gasteiger charge is 2.45. The molecule has 1 aliphatic heterocycles. The molecule has 0 amide bonds. The number of carbonyl (C=O) groups is 1. The molecule has 1 aromatic rings. The molecule has 0 saturated carbocycles. The van der Waals surface area contributed by atoms with Crippen molar-refractivity contribution in [3.8, 4) is 0 Å². The zero-order valence-corrected chi connectivity index (χ0v) is 9.68. The molecule has 1 fully saturated rings. The van der Waals surface area contributed by atoms with Gasteiger partial charge < -0.3 is 5.11 Å². The van der Waals surface area contributed by atoms with Gasteiger partial charge in [0.25, 0.3) is 0 Å². The van der Waals surface area contributed by atoms with Crippen LogP contribution in [-0.4, -0.2) is 38.7 Å². The number of carboxylic acids is 1. The van der Waals surface area contributed by atoms with Crippen LogP contribution in [0.25, 0.3) is 0 Å². The maximum atomic E-state index is 10.8. The first kappa shape index (κ1) is 10.8. The highest BCUT2D eigenvalue weighted by Crippen LogP contribution is 2.32. The Morgan fingerprint density at radius 2 is 2.40 bits per heavy atom. The minimum absolute atomic E-state index is 0.538. The van der Waals surface area contributed by atoms with Gasteiger partial charge in [0.2, 0.25) is 0 Å². The van der Waals surface area contributed by atoms with Crippen LogP contribution in [0.4, 0.5) is 0 Å². The van der Waals surface area contributed by atoms with E-state index in [-0.39, 0.29) is 0 Å². The van der Waals surface area contributed by atoms with Crippen LogP contribution in [0.15, 0.2) is 0 Å². The number of hydrogen-bond acceptors (Lipinski definition) is 5. The Kier molecular flexibility index (Phi) is 2.66. The van der Waals surface area contributed by atoms with Crippen molar-refractivity contribution in [1.82, 2.24) is 14.5 Å². The van der Waals surface area contributed by atoms with Gasteiger partial charge in [-0.1, -0.05) is 16.1 Å². The molecule has 0 spiro atoms. The molecule has 2 rings (SSSR count). The molecular formula is C8H10ClN3O2S. The van der Waals surface area contributed by atoms with Crippen LogP contribution >= 0.6 is 23.1 Å². The summed E-state index contributed by atoms with van der Waals surface area (Å²) in [6, 6.07) is 0. The number of hydrogen-bond donors (Lipinski definition) is 1. The van der Waals surface area contributed by atoms with Crippen molar-refractivity contribution in [1.29, 1.82) is 0 Å². The Morgan fingerprint density at radius 3 is 2.87 bits per heavy atom. The molecule has 0 bridgehead atoms. The molecule has 5 nitrogen and oxygen atoms in total. The van der Waals surface area contributed by atoms with E-state index >= 15 is 0 Å². The monoisotopic (exact) mass is 247 g/mol. The second-order valence-electron chi connectivity index (χ2n) is 4.00. The van der Waals surface area contributed by atoms with Crippen LogP contribution in [0.3, 0.4) is 0 Å². The van der Waals surface area contributed by atoms with E-state index in [2.05, 4.69) is 9.59 Å². The largest absolute Gasteiger partial charge is 0.481 e. The van der Waals surface area contributed by atoms with Gasteiger partial charge in [-0.05, 0) is 6.92 Å². The van der Waals surface area contributed by atoms with Crippen molar-refractivity contribution in [2.24, 2.45) is 5.41 Å². The molecule has 2 heterocycles. The maximum absolute atomic E-state index is 10.8. The predicted molar refractivity (Wildman–Crippen MR) is 55.9 cm³/mol. The third-order valence-electron chi connectivity index (χ3n) is 2.54. The molecule has 0 atom stereocenters. The van der Waals surface area contributed by atoms with E-state index in [9.17, 15) is 4.79 Å². The van der Waals surface area contributed by atoms with Gasteiger partial charge in [-0.25, -0.2) is 0 Å². The Bertz CT molecular complexity index is 389. The fourth-order valence-electron chi connectivity index (χ4n) is 1.69. The van der Waals surface area contributed by atoms with Crippen molar-refractivity contribution in [3.63, 3.8) is 0 Å². The van der Waals surface area contributed by atoms with Gasteiger partial charge in [0.1, 0.15) is 10.0 Å². The molecule has 15 heavy (non-hydrogen) atoms. The highest BCUT2D eigenvalue weighted by molar-refractivity contribution is 7.10. The molecule has 0 aliphatic carbocycles. The van der Waals surface area contributed by atoms with E-state index in [1.54, 1.807) is 6.92 Å². The Hall–Kier alpha value is -0.720. The molecule has 1 N–H and O–H groups in total. The highest BCUT2D eigenvalue weighted by atomic mass is 35.5. The standard InChI is InChI=1S/C8H10ClN3O2S/c1-8(7(13)14)3-12(4-8)2-5-6(9)15-11-10-5/h2-4H2,1H3,(H,13,14). The summed E-state index contributed by atoms with van der Waals surface area (Å²) < 4.78 is 4.30. The summed E-state index contributed by atoms with van der Waals surface area (Å²) >= 11 is 7.00. The average molecular weight is 248 g/mol. The minimum atomic E-state index is -0.749. The topological polar surface area (TPSA) is 66.3 Å². The molecule has 82 valence electrons. The molecule has 1 saturated heterocycles. The fraction of sp³-hybridized carbons (Fsp3) is 0.625. The van der Waals surface area contributed by atoms with Crippen LogP contribution in [-0.2, 0) is 11.3 Å². The van der Waals surface area contributed by atoms with Crippen molar-refractivity contribution >= 4 is 29.1 Å². The van der Waals surface area contributed by atoms with Gasteiger partial charge in [0.05, 0.1) is 5.41 Å². The van der Waals surface area contributed by atoms with E-state index in [0.29, 0.717) is 24.0 Å². The summed E-state index contributed by atoms with van der Waals surface area (Å²) in [4.78, 5) is 12.8. The summed E-state index contributed by atoms with van der Waals surface area (Å²) in [5.74, 6) is -0.749. The van der Waals surface area contributed by atoms with E-state index in [0.717, 1.165) is 17.2 Å². The lowest BCUT2D eigenvalue weighted by Crippen LogP contribution is -2.58. The number of rotatable bonds is 3. The zero-order valence-electron chi connectivity index (χ0n) is 8.10. The van der Waals surface area contributed by atoms with Crippen molar-refractivity contribution in [2.75, 3.05) is 13.1 Å². The number of likely N-dealkylation sites (tertiary alicyclic amines) is 1. The molecule has 0 unspecified atom stereocenters. The minimum Gasteiger partial charge on any atom is -0.481 e. The van der Waals surface area contributed by atoms with Gasteiger partial charge in [-0.2, -0.15) is 0 Å². The van der Waals surface area contributed by atoms with Crippen LogP contribution in [0, 0.1) is 5.41 Å². The molecule has 1 aliphatic rings. The Labute approximate surface area is 95.8 Å². The lowest BCUT2D eigenvalue weighted by molar-refractivity contribution is -0.159. The normalized spacial score (nSPS) is 19.9. The molecule has 7 heteroatoms. The van der Waals surface area contributed by atoms with E-state index < -0.39 is 11.4 Å². The van der Waals surface area contributed by atoms with Crippen LogP contribution < -0.4 is 0 Å². The lowest BCUT2D eigenvalue weighted by atomic mass is 9.82. The molecule has 0 radical (unpaired) electrons. The maximum Gasteiger partial charge on any atom is 0.311 e. The van der Waals surface area contributed by atoms with Crippen LogP contribution in [0.2, 0.25) is 4.34 Å². The number of carboxylic acid groups (broad SMARTS) is 1. The quantitative estimate of drug-likeness (QED) is 0.866. The third kappa shape index (κ3) is 1.97. The second kappa shape index (κ2) is 3.70. The first-order valence-corrected chi connectivity index (χ1v) is 5.59. The predicted octanol–water partition coefficient (Wildman–Crippen LogP) is 1.10. The molecule has 1 aromatic heterocycles. The van der Waals surface area contributed by atoms with Crippen molar-refractivity contribution in [3.05, 3.63) is 10.0 Å². The second-order valence-corrected chi connectivity index (χ2v) is 5.36. The van der Waals surface area contributed by atoms with Crippen molar-refractivity contribution in [2.45, 2.75) is 13.5 Å². The van der Waals surface area contributed by atoms with Gasteiger partial charge >= 0.3 is 5.97 Å². The zero-order chi connectivity index (χ0) is 11.1. The van der Waals surface area contributed by atoms with Gasteiger partial charge in [0, 0.05) is 31.2 Å². The van der Waals surface area contributed by atoms with Crippen LogP contribution in [0.5, 0.6) is 0 Å². The fourth-order valence-corrected chi connectivity index (χ4v) is 2.30. The summed E-state index contributed by atoms with van der Waals surface area (Å²) in [5, 5.41) is 12.8. The van der Waals surface area contributed by atoms with E-state index in [1.165, 1.54) is 0 Å². The summed E-state index contributed by atoms with van der Waals surface area (Å²) in [7, 11) is 0. The van der Waals surface area contributed by atoms with Gasteiger partial charge in [0.15, 0.2) is 0 Å². The number of nitrogens with zero attached hydrogens (tertiary/aromatic N) is 3. The summed E-state index contributed by atoms with van der Waals surface area (Å²) in [6.45, 7) is 3.40. The molecule has 0 aromatic carbocycles. The summed E-state index contributed by atoms with van der Waals surface area (Å²) in [6.07, 6.45) is 0. The third-order valence-corrected chi connectivity index (χ3v) is 3.53. The average Bonchev–Trinajstić information content (AvgIpc) is 2.48. The Balaban J connectivity index is 1.92. The van der Waals surface area contributed by atoms with Gasteiger partial charge in [-0.15, -0.1) is 5.10 Å². The molecular weight excluding hydrogens is 238 g/mol. The first-order valence-electron chi connectivity index (χ1n) is 4.44. The number of halogens is 1. The van der Waals surface area contributed by atoms with Crippen LogP contribution in [0.1, 0.15) is 12.6 Å². The van der Waals surface area contributed by atoms with E-state index in [1.807, 2.05) is 4.90 Å². The van der Waals surface area contributed by atoms with Gasteiger partial charge in [-0.3, -0.25) is 9.69 Å². The first-order chi connectivity index (χ1) is 7.01.